The zero-order valence-corrected chi connectivity index (χ0v) is 16.8. The van der Waals surface area contributed by atoms with Gasteiger partial charge in [-0.25, -0.2) is 4.98 Å². The van der Waals surface area contributed by atoms with Crippen LogP contribution in [0.3, 0.4) is 0 Å². The molecule has 1 aromatic heterocycles. The summed E-state index contributed by atoms with van der Waals surface area (Å²) in [5.74, 6) is 1.19. The second kappa shape index (κ2) is 8.52. The Hall–Kier alpha value is -2.11. The molecule has 0 aliphatic rings. The van der Waals surface area contributed by atoms with E-state index in [4.69, 9.17) is 0 Å². The Labute approximate surface area is 162 Å². The molecule has 0 spiro atoms. The number of thiazole rings is 1. The zero-order chi connectivity index (χ0) is 18.5. The summed E-state index contributed by atoms with van der Waals surface area (Å²) in [5.41, 5.74) is 6.61. The lowest BCUT2D eigenvalue weighted by molar-refractivity contribution is -0.113. The van der Waals surface area contributed by atoms with E-state index in [1.54, 1.807) is 23.1 Å². The van der Waals surface area contributed by atoms with Crippen LogP contribution in [0.25, 0.3) is 10.6 Å². The summed E-state index contributed by atoms with van der Waals surface area (Å²) in [6.07, 6.45) is 0. The van der Waals surface area contributed by atoms with Crippen molar-refractivity contribution in [2.45, 2.75) is 26.5 Å². The SMILES string of the molecule is Cc1ccc(-c2nc(CSCC(=O)Nc3cccc(C)c3C)cs2)cc1. The number of rotatable bonds is 6. The number of hydrogen-bond donors (Lipinski definition) is 1. The van der Waals surface area contributed by atoms with Crippen molar-refractivity contribution < 1.29 is 4.79 Å². The number of carbonyl (C=O) groups excluding carboxylic acids is 1. The molecule has 3 rings (SSSR count). The lowest BCUT2D eigenvalue weighted by Crippen LogP contribution is -2.15. The molecule has 2 aromatic carbocycles. The number of nitrogens with one attached hydrogen (secondary N) is 1. The highest BCUT2D eigenvalue weighted by molar-refractivity contribution is 7.99. The van der Waals surface area contributed by atoms with E-state index in [2.05, 4.69) is 46.9 Å². The Balaban J connectivity index is 1.51. The lowest BCUT2D eigenvalue weighted by Gasteiger charge is -2.10. The summed E-state index contributed by atoms with van der Waals surface area (Å²) in [6.45, 7) is 6.16. The molecule has 0 radical (unpaired) electrons. The second-order valence-electron chi connectivity index (χ2n) is 6.30. The van der Waals surface area contributed by atoms with E-state index in [1.165, 1.54) is 11.1 Å². The van der Waals surface area contributed by atoms with Gasteiger partial charge in [-0.15, -0.1) is 23.1 Å². The van der Waals surface area contributed by atoms with E-state index in [9.17, 15) is 4.79 Å². The summed E-state index contributed by atoms with van der Waals surface area (Å²) in [4.78, 5) is 16.9. The highest BCUT2D eigenvalue weighted by Gasteiger charge is 2.08. The molecular formula is C21H22N2OS2. The molecule has 0 aliphatic heterocycles. The van der Waals surface area contributed by atoms with E-state index < -0.39 is 0 Å². The van der Waals surface area contributed by atoms with Crippen molar-refractivity contribution in [3.8, 4) is 10.6 Å². The van der Waals surface area contributed by atoms with Crippen LogP contribution in [-0.4, -0.2) is 16.6 Å². The minimum atomic E-state index is 0.0256. The Kier molecular flexibility index (Phi) is 6.12. The van der Waals surface area contributed by atoms with Crippen LogP contribution in [0.5, 0.6) is 0 Å². The Morgan fingerprint density at radius 1 is 1.12 bits per heavy atom. The molecule has 26 heavy (non-hydrogen) atoms. The third kappa shape index (κ3) is 4.74. The van der Waals surface area contributed by atoms with Gasteiger partial charge >= 0.3 is 0 Å². The predicted octanol–water partition coefficient (Wildman–Crippen LogP) is 5.61. The normalized spacial score (nSPS) is 10.7. The van der Waals surface area contributed by atoms with E-state index in [0.29, 0.717) is 5.75 Å². The van der Waals surface area contributed by atoms with Gasteiger partial charge in [-0.1, -0.05) is 42.0 Å². The number of thioether (sulfide) groups is 1. The molecule has 5 heteroatoms. The Morgan fingerprint density at radius 2 is 1.88 bits per heavy atom. The topological polar surface area (TPSA) is 42.0 Å². The number of aromatic nitrogens is 1. The number of anilines is 1. The highest BCUT2D eigenvalue weighted by atomic mass is 32.2. The minimum Gasteiger partial charge on any atom is -0.325 e. The average molecular weight is 383 g/mol. The third-order valence-electron chi connectivity index (χ3n) is 4.21. The molecule has 1 heterocycles. The number of benzene rings is 2. The average Bonchev–Trinajstić information content (AvgIpc) is 3.08. The van der Waals surface area contributed by atoms with Gasteiger partial charge in [0, 0.05) is 22.4 Å². The fourth-order valence-corrected chi connectivity index (χ4v) is 4.17. The van der Waals surface area contributed by atoms with E-state index in [-0.39, 0.29) is 5.91 Å². The quantitative estimate of drug-likeness (QED) is 0.603. The summed E-state index contributed by atoms with van der Waals surface area (Å²) in [5, 5.41) is 6.10. The molecule has 0 fully saturated rings. The van der Waals surface area contributed by atoms with Gasteiger partial charge in [0.2, 0.25) is 5.91 Å². The maximum absolute atomic E-state index is 12.2. The van der Waals surface area contributed by atoms with Crippen LogP contribution in [0.1, 0.15) is 22.4 Å². The van der Waals surface area contributed by atoms with Gasteiger partial charge in [0.05, 0.1) is 11.4 Å². The fourth-order valence-electron chi connectivity index (χ4n) is 2.52. The van der Waals surface area contributed by atoms with Crippen molar-refractivity contribution in [3.05, 3.63) is 70.2 Å². The number of carbonyl (C=O) groups is 1. The van der Waals surface area contributed by atoms with Crippen LogP contribution >= 0.6 is 23.1 Å². The maximum atomic E-state index is 12.2. The Morgan fingerprint density at radius 3 is 2.65 bits per heavy atom. The molecule has 0 unspecified atom stereocenters. The number of amides is 1. The van der Waals surface area contributed by atoms with Crippen molar-refractivity contribution in [1.29, 1.82) is 0 Å². The number of nitrogens with zero attached hydrogens (tertiary/aromatic N) is 1. The molecule has 134 valence electrons. The fraction of sp³-hybridized carbons (Fsp3) is 0.238. The van der Waals surface area contributed by atoms with Crippen molar-refractivity contribution in [1.82, 2.24) is 4.98 Å². The van der Waals surface area contributed by atoms with Crippen LogP contribution in [0.4, 0.5) is 5.69 Å². The predicted molar refractivity (Wildman–Crippen MR) is 113 cm³/mol. The van der Waals surface area contributed by atoms with Crippen LogP contribution in [0.15, 0.2) is 47.8 Å². The number of aryl methyl sites for hydroxylation is 2. The standard InChI is InChI=1S/C21H22N2OS2/c1-14-7-9-17(10-8-14)21-22-18(12-26-21)11-25-13-20(24)23-19-6-4-5-15(2)16(19)3/h4-10,12H,11,13H2,1-3H3,(H,23,24). The molecule has 0 bridgehead atoms. The first kappa shape index (κ1) is 18.7. The molecule has 1 amide bonds. The summed E-state index contributed by atoms with van der Waals surface area (Å²) in [6, 6.07) is 14.4. The first-order valence-electron chi connectivity index (χ1n) is 8.48. The Bertz CT molecular complexity index is 901. The second-order valence-corrected chi connectivity index (χ2v) is 8.14. The van der Waals surface area contributed by atoms with E-state index >= 15 is 0 Å². The van der Waals surface area contributed by atoms with E-state index in [1.807, 2.05) is 32.0 Å². The van der Waals surface area contributed by atoms with Gasteiger partial charge in [0.25, 0.3) is 0 Å². The smallest absolute Gasteiger partial charge is 0.234 e. The van der Waals surface area contributed by atoms with Crippen LogP contribution in [0.2, 0.25) is 0 Å². The maximum Gasteiger partial charge on any atom is 0.234 e. The van der Waals surface area contributed by atoms with Crippen molar-refractivity contribution in [2.75, 3.05) is 11.1 Å². The third-order valence-corrected chi connectivity index (χ3v) is 6.12. The molecule has 1 N–H and O–H groups in total. The molecule has 0 saturated heterocycles. The van der Waals surface area contributed by atoms with Crippen LogP contribution in [-0.2, 0) is 10.5 Å². The van der Waals surface area contributed by atoms with Crippen molar-refractivity contribution in [3.63, 3.8) is 0 Å². The van der Waals surface area contributed by atoms with Gasteiger partial charge in [-0.05, 0) is 38.0 Å². The first-order chi connectivity index (χ1) is 12.5. The molecule has 0 aliphatic carbocycles. The lowest BCUT2D eigenvalue weighted by atomic mass is 10.1. The molecular weight excluding hydrogens is 360 g/mol. The number of hydrogen-bond acceptors (Lipinski definition) is 4. The van der Waals surface area contributed by atoms with Crippen molar-refractivity contribution in [2.24, 2.45) is 0 Å². The molecule has 3 nitrogen and oxygen atoms in total. The van der Waals surface area contributed by atoms with Crippen LogP contribution in [0, 0.1) is 20.8 Å². The van der Waals surface area contributed by atoms with Gasteiger partial charge in [-0.2, -0.15) is 0 Å². The van der Waals surface area contributed by atoms with Crippen LogP contribution < -0.4 is 5.32 Å². The molecule has 0 atom stereocenters. The molecule has 0 saturated carbocycles. The molecule has 3 aromatic rings. The zero-order valence-electron chi connectivity index (χ0n) is 15.2. The van der Waals surface area contributed by atoms with Gasteiger partial charge in [0.15, 0.2) is 0 Å². The van der Waals surface area contributed by atoms with Gasteiger partial charge < -0.3 is 5.32 Å². The monoisotopic (exact) mass is 382 g/mol. The van der Waals surface area contributed by atoms with Gasteiger partial charge in [-0.3, -0.25) is 4.79 Å². The highest BCUT2D eigenvalue weighted by Crippen LogP contribution is 2.26. The summed E-state index contributed by atoms with van der Waals surface area (Å²) >= 11 is 3.24. The summed E-state index contributed by atoms with van der Waals surface area (Å²) < 4.78 is 0. The first-order valence-corrected chi connectivity index (χ1v) is 10.5. The van der Waals surface area contributed by atoms with Gasteiger partial charge in [0.1, 0.15) is 5.01 Å². The van der Waals surface area contributed by atoms with E-state index in [0.717, 1.165) is 33.3 Å². The largest absolute Gasteiger partial charge is 0.325 e. The summed E-state index contributed by atoms with van der Waals surface area (Å²) in [7, 11) is 0. The van der Waals surface area contributed by atoms with Crippen molar-refractivity contribution >= 4 is 34.7 Å². The minimum absolute atomic E-state index is 0.0256.